The first-order valence-corrected chi connectivity index (χ1v) is 10.7. The zero-order valence-corrected chi connectivity index (χ0v) is 17.9. The Labute approximate surface area is 187 Å². The summed E-state index contributed by atoms with van der Waals surface area (Å²) >= 11 is 0. The molecule has 7 heteroatoms. The number of pyridine rings is 1. The van der Waals surface area contributed by atoms with Gasteiger partial charge in [0.15, 0.2) is 0 Å². The van der Waals surface area contributed by atoms with Crippen LogP contribution in [0.1, 0.15) is 15.9 Å². The molecule has 1 fully saturated rings. The number of amides is 1. The molecule has 0 bridgehead atoms. The van der Waals surface area contributed by atoms with E-state index in [-0.39, 0.29) is 5.91 Å². The molecule has 4 rings (SSSR count). The van der Waals surface area contributed by atoms with Crippen molar-refractivity contribution in [1.29, 1.82) is 0 Å². The van der Waals surface area contributed by atoms with Crippen LogP contribution in [0.25, 0.3) is 0 Å². The molecule has 0 saturated carbocycles. The summed E-state index contributed by atoms with van der Waals surface area (Å²) in [7, 11) is 0. The Morgan fingerprint density at radius 3 is 2.47 bits per heavy atom. The van der Waals surface area contributed by atoms with E-state index in [1.54, 1.807) is 42.6 Å². The quantitative estimate of drug-likeness (QED) is 0.556. The smallest absolute Gasteiger partial charge is 0.255 e. The number of hydrogen-bond acceptors (Lipinski definition) is 6. The monoisotopic (exact) mass is 433 g/mol. The molecule has 0 spiro atoms. The van der Waals surface area contributed by atoms with Crippen LogP contribution in [0.2, 0.25) is 0 Å². The van der Waals surface area contributed by atoms with Crippen LogP contribution in [0.4, 0.5) is 5.69 Å². The summed E-state index contributed by atoms with van der Waals surface area (Å²) < 4.78 is 16.8. The molecule has 0 radical (unpaired) electrons. The van der Waals surface area contributed by atoms with Gasteiger partial charge in [-0.1, -0.05) is 30.3 Å². The zero-order valence-electron chi connectivity index (χ0n) is 17.9. The van der Waals surface area contributed by atoms with E-state index < -0.39 is 0 Å². The molecule has 32 heavy (non-hydrogen) atoms. The van der Waals surface area contributed by atoms with Crippen LogP contribution >= 0.6 is 0 Å². The van der Waals surface area contributed by atoms with Gasteiger partial charge in [-0.2, -0.15) is 0 Å². The Morgan fingerprint density at radius 1 is 0.969 bits per heavy atom. The molecule has 1 aliphatic rings. The number of morpholine rings is 1. The van der Waals surface area contributed by atoms with E-state index in [1.807, 2.05) is 30.3 Å². The molecule has 3 aromatic rings. The summed E-state index contributed by atoms with van der Waals surface area (Å²) in [5.41, 5.74) is 2.25. The SMILES string of the molecule is O=C(Nc1ccc(OCCN2CCOCC2)nc1)c1ccc(OCc2ccccc2)cc1. The third-order valence-corrected chi connectivity index (χ3v) is 5.12. The van der Waals surface area contributed by atoms with Crippen LogP contribution in [0.15, 0.2) is 72.9 Å². The predicted octanol–water partition coefficient (Wildman–Crippen LogP) is 3.62. The van der Waals surface area contributed by atoms with Gasteiger partial charge in [-0.15, -0.1) is 0 Å². The van der Waals surface area contributed by atoms with E-state index in [9.17, 15) is 4.79 Å². The van der Waals surface area contributed by atoms with Gasteiger partial charge in [0.1, 0.15) is 19.0 Å². The minimum atomic E-state index is -0.206. The number of rotatable bonds is 9. The third kappa shape index (κ3) is 6.54. The lowest BCUT2D eigenvalue weighted by Crippen LogP contribution is -2.38. The highest BCUT2D eigenvalue weighted by atomic mass is 16.5. The van der Waals surface area contributed by atoms with E-state index in [4.69, 9.17) is 14.2 Å². The number of ether oxygens (including phenoxy) is 3. The minimum absolute atomic E-state index is 0.206. The molecule has 0 atom stereocenters. The number of hydrogen-bond donors (Lipinski definition) is 1. The molecular weight excluding hydrogens is 406 g/mol. The van der Waals surface area contributed by atoms with Crippen molar-refractivity contribution in [1.82, 2.24) is 9.88 Å². The molecule has 1 aromatic heterocycles. The summed E-state index contributed by atoms with van der Waals surface area (Å²) in [6.45, 7) is 5.31. The van der Waals surface area contributed by atoms with Gasteiger partial charge in [0.25, 0.3) is 5.91 Å². The first kappa shape index (κ1) is 21.8. The maximum absolute atomic E-state index is 12.5. The molecule has 166 valence electrons. The molecule has 1 amide bonds. The van der Waals surface area contributed by atoms with Crippen molar-refractivity contribution < 1.29 is 19.0 Å². The van der Waals surface area contributed by atoms with Crippen LogP contribution in [-0.2, 0) is 11.3 Å². The summed E-state index contributed by atoms with van der Waals surface area (Å²) in [6.07, 6.45) is 1.60. The molecule has 2 heterocycles. The van der Waals surface area contributed by atoms with Gasteiger partial charge in [-0.05, 0) is 35.9 Å². The number of carbonyl (C=O) groups is 1. The number of carbonyl (C=O) groups excluding carboxylic acids is 1. The van der Waals surface area contributed by atoms with Crippen LogP contribution in [0.3, 0.4) is 0 Å². The Hall–Kier alpha value is -3.42. The van der Waals surface area contributed by atoms with E-state index in [2.05, 4.69) is 15.2 Å². The Morgan fingerprint density at radius 2 is 1.75 bits per heavy atom. The summed E-state index contributed by atoms with van der Waals surface area (Å²) in [5, 5.41) is 2.85. The number of anilines is 1. The Balaban J connectivity index is 1.22. The van der Waals surface area contributed by atoms with Crippen molar-refractivity contribution in [2.24, 2.45) is 0 Å². The fourth-order valence-corrected chi connectivity index (χ4v) is 3.29. The minimum Gasteiger partial charge on any atom is -0.489 e. The average Bonchev–Trinajstić information content (AvgIpc) is 2.85. The van der Waals surface area contributed by atoms with Crippen LogP contribution in [0, 0.1) is 0 Å². The normalized spacial score (nSPS) is 14.0. The van der Waals surface area contributed by atoms with Gasteiger partial charge >= 0.3 is 0 Å². The number of benzene rings is 2. The van der Waals surface area contributed by atoms with Crippen molar-refractivity contribution in [3.63, 3.8) is 0 Å². The maximum atomic E-state index is 12.5. The molecule has 1 saturated heterocycles. The molecular formula is C25H27N3O4. The van der Waals surface area contributed by atoms with Gasteiger partial charge in [-0.25, -0.2) is 4.98 Å². The molecule has 0 unspecified atom stereocenters. The van der Waals surface area contributed by atoms with Crippen LogP contribution < -0.4 is 14.8 Å². The second kappa shape index (κ2) is 11.3. The van der Waals surface area contributed by atoms with Crippen molar-refractivity contribution in [2.45, 2.75) is 6.61 Å². The predicted molar refractivity (Wildman–Crippen MR) is 122 cm³/mol. The highest BCUT2D eigenvalue weighted by Gasteiger charge is 2.10. The average molecular weight is 434 g/mol. The Bertz CT molecular complexity index is 972. The largest absolute Gasteiger partial charge is 0.489 e. The van der Waals surface area contributed by atoms with Gasteiger partial charge in [0, 0.05) is 31.3 Å². The van der Waals surface area contributed by atoms with Crippen LogP contribution in [0.5, 0.6) is 11.6 Å². The van der Waals surface area contributed by atoms with Gasteiger partial charge in [0.2, 0.25) is 5.88 Å². The molecule has 1 N–H and O–H groups in total. The summed E-state index contributed by atoms with van der Waals surface area (Å²) in [6, 6.07) is 20.6. The van der Waals surface area contributed by atoms with E-state index in [1.165, 1.54) is 0 Å². The zero-order chi connectivity index (χ0) is 22.0. The molecule has 1 aliphatic heterocycles. The molecule has 2 aromatic carbocycles. The number of nitrogens with zero attached hydrogens (tertiary/aromatic N) is 2. The first-order chi connectivity index (χ1) is 15.8. The van der Waals surface area contributed by atoms with Gasteiger partial charge in [0.05, 0.1) is 25.1 Å². The highest BCUT2D eigenvalue weighted by molar-refractivity contribution is 6.04. The fourth-order valence-electron chi connectivity index (χ4n) is 3.29. The van der Waals surface area contributed by atoms with E-state index in [0.717, 1.165) is 38.4 Å². The van der Waals surface area contributed by atoms with Crippen molar-refractivity contribution in [3.05, 3.63) is 84.1 Å². The highest BCUT2D eigenvalue weighted by Crippen LogP contribution is 2.17. The van der Waals surface area contributed by atoms with Gasteiger partial charge in [-0.3, -0.25) is 9.69 Å². The number of aromatic nitrogens is 1. The number of nitrogens with one attached hydrogen (secondary N) is 1. The summed E-state index contributed by atoms with van der Waals surface area (Å²) in [4.78, 5) is 19.1. The lowest BCUT2D eigenvalue weighted by Gasteiger charge is -2.26. The molecule has 7 nitrogen and oxygen atoms in total. The lowest BCUT2D eigenvalue weighted by atomic mass is 10.2. The topological polar surface area (TPSA) is 72.9 Å². The standard InChI is InChI=1S/C25H27N3O4/c29-25(21-6-9-23(10-7-21)32-19-20-4-2-1-3-5-20)27-22-8-11-24(26-18-22)31-17-14-28-12-15-30-16-13-28/h1-11,18H,12-17,19H2,(H,27,29). The summed E-state index contributed by atoms with van der Waals surface area (Å²) in [5.74, 6) is 1.05. The van der Waals surface area contributed by atoms with Crippen LogP contribution in [-0.4, -0.2) is 55.2 Å². The first-order valence-electron chi connectivity index (χ1n) is 10.7. The second-order valence-corrected chi connectivity index (χ2v) is 7.44. The second-order valence-electron chi connectivity index (χ2n) is 7.44. The maximum Gasteiger partial charge on any atom is 0.255 e. The fraction of sp³-hybridized carbons (Fsp3) is 0.280. The molecule has 0 aliphatic carbocycles. The van der Waals surface area contributed by atoms with E-state index >= 15 is 0 Å². The van der Waals surface area contributed by atoms with Crippen molar-refractivity contribution in [3.8, 4) is 11.6 Å². The van der Waals surface area contributed by atoms with Gasteiger partial charge < -0.3 is 19.5 Å². The third-order valence-electron chi connectivity index (χ3n) is 5.12. The lowest BCUT2D eigenvalue weighted by molar-refractivity contribution is 0.0320. The van der Waals surface area contributed by atoms with Crippen molar-refractivity contribution in [2.75, 3.05) is 44.8 Å². The van der Waals surface area contributed by atoms with Crippen molar-refractivity contribution >= 4 is 11.6 Å². The Kier molecular flexibility index (Phi) is 7.68. The van der Waals surface area contributed by atoms with E-state index in [0.29, 0.717) is 36.1 Å².